The van der Waals surface area contributed by atoms with Gasteiger partial charge in [0.25, 0.3) is 0 Å². The number of nitrogens with zero attached hydrogens (tertiary/aromatic N) is 2. The quantitative estimate of drug-likeness (QED) is 0.171. The van der Waals surface area contributed by atoms with Crippen LogP contribution in [0.4, 0.5) is 17.1 Å². The van der Waals surface area contributed by atoms with Crippen molar-refractivity contribution in [1.82, 2.24) is 4.57 Å². The normalized spacial score (nSPS) is 13.3. The molecular formula is C63H38N2S. The Morgan fingerprint density at radius 2 is 0.924 bits per heavy atom. The number of hydrogen-bond donors (Lipinski definition) is 0. The molecule has 0 saturated heterocycles. The third kappa shape index (κ3) is 4.74. The maximum absolute atomic E-state index is 2.51. The lowest BCUT2D eigenvalue weighted by molar-refractivity contribution is 0.793. The number of rotatable bonds is 4. The van der Waals surface area contributed by atoms with E-state index in [1.807, 2.05) is 11.3 Å². The molecule has 2 aliphatic carbocycles. The Bertz CT molecular complexity index is 4130. The maximum atomic E-state index is 2.51. The summed E-state index contributed by atoms with van der Waals surface area (Å²) in [6.45, 7) is 0. The summed E-state index contributed by atoms with van der Waals surface area (Å²) in [5, 5.41) is 10.2. The molecule has 1 spiro atoms. The van der Waals surface area contributed by atoms with Gasteiger partial charge in [-0.15, -0.1) is 11.3 Å². The van der Waals surface area contributed by atoms with Crippen LogP contribution in [0.1, 0.15) is 22.3 Å². The van der Waals surface area contributed by atoms with Crippen LogP contribution in [0.3, 0.4) is 0 Å². The first-order valence-electron chi connectivity index (χ1n) is 22.8. The minimum absolute atomic E-state index is 0.418. The molecule has 0 fully saturated rings. The average molecular weight is 855 g/mol. The first-order chi connectivity index (χ1) is 32.7. The van der Waals surface area contributed by atoms with Gasteiger partial charge >= 0.3 is 0 Å². The van der Waals surface area contributed by atoms with E-state index in [-0.39, 0.29) is 0 Å². The van der Waals surface area contributed by atoms with E-state index in [4.69, 9.17) is 0 Å². The van der Waals surface area contributed by atoms with Crippen LogP contribution in [0, 0.1) is 0 Å². The van der Waals surface area contributed by atoms with E-state index < -0.39 is 5.41 Å². The van der Waals surface area contributed by atoms with E-state index in [1.165, 1.54) is 114 Å². The lowest BCUT2D eigenvalue weighted by Gasteiger charge is -2.32. The SMILES string of the molecule is c1ccc(N(c2ccc3c(c2)C2(c4ccccc4-c4ccccc42)c2ccccc2-3)c2ccc3sc4cc(-n5c6ccc7ccccc7c6c6ccc7ccccc7c65)ccc4c3c2)cc1. The molecule has 0 unspecified atom stereocenters. The van der Waals surface area contributed by atoms with E-state index in [9.17, 15) is 0 Å². The number of anilines is 3. The van der Waals surface area contributed by atoms with Gasteiger partial charge in [0.15, 0.2) is 0 Å². The van der Waals surface area contributed by atoms with E-state index in [2.05, 4.69) is 240 Å². The van der Waals surface area contributed by atoms with Gasteiger partial charge in [-0.25, -0.2) is 0 Å². The molecule has 66 heavy (non-hydrogen) atoms. The molecule has 13 aromatic rings. The lowest BCUT2D eigenvalue weighted by atomic mass is 9.70. The molecule has 2 aliphatic rings. The molecule has 306 valence electrons. The number of benzene rings is 11. The van der Waals surface area contributed by atoms with Crippen molar-refractivity contribution < 1.29 is 0 Å². The van der Waals surface area contributed by atoms with E-state index in [0.717, 1.165) is 17.1 Å². The van der Waals surface area contributed by atoms with Gasteiger partial charge in [0.2, 0.25) is 0 Å². The van der Waals surface area contributed by atoms with Gasteiger partial charge in [0.05, 0.1) is 16.4 Å². The van der Waals surface area contributed by atoms with Crippen LogP contribution in [0.15, 0.2) is 231 Å². The van der Waals surface area contributed by atoms with Gasteiger partial charge in [0.1, 0.15) is 0 Å². The zero-order valence-electron chi connectivity index (χ0n) is 35.7. The van der Waals surface area contributed by atoms with Crippen LogP contribution in [-0.4, -0.2) is 4.57 Å². The molecular weight excluding hydrogens is 817 g/mol. The maximum Gasteiger partial charge on any atom is 0.0726 e. The van der Waals surface area contributed by atoms with Crippen molar-refractivity contribution in [2.45, 2.75) is 5.41 Å². The van der Waals surface area contributed by atoms with Gasteiger partial charge in [-0.1, -0.05) is 170 Å². The summed E-state index contributed by atoms with van der Waals surface area (Å²) >= 11 is 1.88. The number of aromatic nitrogens is 1. The zero-order chi connectivity index (χ0) is 43.1. The monoisotopic (exact) mass is 854 g/mol. The van der Waals surface area contributed by atoms with E-state index >= 15 is 0 Å². The van der Waals surface area contributed by atoms with Crippen molar-refractivity contribution in [3.63, 3.8) is 0 Å². The van der Waals surface area contributed by atoms with E-state index in [1.54, 1.807) is 0 Å². The van der Waals surface area contributed by atoms with Gasteiger partial charge in [-0.2, -0.15) is 0 Å². The summed E-state index contributed by atoms with van der Waals surface area (Å²) in [6.07, 6.45) is 0. The number of para-hydroxylation sites is 1. The van der Waals surface area contributed by atoms with Crippen molar-refractivity contribution in [1.29, 1.82) is 0 Å². The molecule has 0 aliphatic heterocycles. The van der Waals surface area contributed by atoms with Gasteiger partial charge < -0.3 is 9.47 Å². The Hall–Kier alpha value is -8.24. The molecule has 11 aromatic carbocycles. The Morgan fingerprint density at radius 3 is 1.67 bits per heavy atom. The molecule has 0 saturated carbocycles. The summed E-state index contributed by atoms with van der Waals surface area (Å²) in [4.78, 5) is 2.45. The Balaban J connectivity index is 0.923. The third-order valence-corrected chi connectivity index (χ3v) is 15.9. The second-order valence-electron chi connectivity index (χ2n) is 17.9. The number of thiophene rings is 1. The summed E-state index contributed by atoms with van der Waals surface area (Å²) in [6, 6.07) is 86.2. The second-order valence-corrected chi connectivity index (χ2v) is 19.0. The van der Waals surface area contributed by atoms with Gasteiger partial charge in [-0.3, -0.25) is 0 Å². The van der Waals surface area contributed by atoms with E-state index in [0.29, 0.717) is 0 Å². The minimum atomic E-state index is -0.418. The molecule has 0 radical (unpaired) electrons. The first kappa shape index (κ1) is 36.1. The highest BCUT2D eigenvalue weighted by molar-refractivity contribution is 7.25. The summed E-state index contributed by atoms with van der Waals surface area (Å²) in [5.41, 5.74) is 17.3. The van der Waals surface area contributed by atoms with Crippen molar-refractivity contribution in [2.75, 3.05) is 4.90 Å². The highest BCUT2D eigenvalue weighted by Crippen LogP contribution is 2.63. The Morgan fingerprint density at radius 1 is 0.348 bits per heavy atom. The average Bonchev–Trinajstić information content (AvgIpc) is 4.10. The smallest absolute Gasteiger partial charge is 0.0726 e. The number of fused-ring (bicyclic) bond motifs is 20. The van der Waals surface area contributed by atoms with Crippen LogP contribution >= 0.6 is 11.3 Å². The third-order valence-electron chi connectivity index (χ3n) is 14.7. The molecule has 2 nitrogen and oxygen atoms in total. The second kappa shape index (κ2) is 13.4. The summed E-state index contributed by atoms with van der Waals surface area (Å²) < 4.78 is 5.06. The topological polar surface area (TPSA) is 8.17 Å². The predicted molar refractivity (Wildman–Crippen MR) is 280 cm³/mol. The fourth-order valence-electron chi connectivity index (χ4n) is 12.1. The van der Waals surface area contributed by atoms with Gasteiger partial charge in [-0.05, 0) is 121 Å². The Kier molecular flexibility index (Phi) is 7.34. The summed E-state index contributed by atoms with van der Waals surface area (Å²) in [7, 11) is 0. The van der Waals surface area contributed by atoms with Crippen LogP contribution in [0.25, 0.3) is 91.5 Å². The largest absolute Gasteiger partial charge is 0.310 e. The minimum Gasteiger partial charge on any atom is -0.310 e. The first-order valence-corrected chi connectivity index (χ1v) is 23.6. The fraction of sp³-hybridized carbons (Fsp3) is 0.0159. The molecule has 2 aromatic heterocycles. The Labute approximate surface area is 385 Å². The van der Waals surface area contributed by atoms with Crippen LogP contribution < -0.4 is 4.90 Å². The van der Waals surface area contributed by atoms with Crippen molar-refractivity contribution >= 4 is 91.9 Å². The highest BCUT2D eigenvalue weighted by Gasteiger charge is 2.51. The van der Waals surface area contributed by atoms with Crippen molar-refractivity contribution in [3.05, 3.63) is 253 Å². The lowest BCUT2D eigenvalue weighted by Crippen LogP contribution is -2.26. The summed E-state index contributed by atoms with van der Waals surface area (Å²) in [5.74, 6) is 0. The molecule has 0 bridgehead atoms. The highest BCUT2D eigenvalue weighted by atomic mass is 32.1. The van der Waals surface area contributed by atoms with Crippen molar-refractivity contribution in [3.8, 4) is 27.9 Å². The molecule has 0 N–H and O–H groups in total. The molecule has 3 heteroatoms. The van der Waals surface area contributed by atoms with Crippen LogP contribution in [0.2, 0.25) is 0 Å². The van der Waals surface area contributed by atoms with Crippen LogP contribution in [-0.2, 0) is 5.41 Å². The number of hydrogen-bond acceptors (Lipinski definition) is 2. The molecule has 2 heterocycles. The predicted octanol–water partition coefficient (Wildman–Crippen LogP) is 17.3. The standard InChI is InChI=1S/C63H38N2S/c1-2-16-41(17-3-1)64(43-28-32-50-49-22-10-13-25-56(49)63(57(50)37-43)54-23-11-8-20-47(54)48-21-9-12-24-55(48)63)42-30-35-59-53(36-42)51-33-29-44(38-60(51)66-59)65-58-34-27-39-14-4-6-18-45(39)61(58)52-31-26-40-15-5-7-19-46(40)62(52)65/h1-38H. The fourth-order valence-corrected chi connectivity index (χ4v) is 13.2. The molecule has 0 atom stereocenters. The molecule has 15 rings (SSSR count). The zero-order valence-corrected chi connectivity index (χ0v) is 36.6. The molecule has 0 amide bonds. The van der Waals surface area contributed by atoms with Crippen molar-refractivity contribution in [2.24, 2.45) is 0 Å². The van der Waals surface area contributed by atoms with Crippen LogP contribution in [0.5, 0.6) is 0 Å². The van der Waals surface area contributed by atoms with Gasteiger partial charge in [0, 0.05) is 59.1 Å².